The average Bonchev–Trinajstić information content (AvgIpc) is 3.75. The number of likely N-dealkylation sites (N-methyl/N-ethyl adjacent to an activating group) is 1. The van der Waals surface area contributed by atoms with Crippen molar-refractivity contribution in [3.8, 4) is 0 Å². The zero-order valence-corrected chi connectivity index (χ0v) is 29.4. The van der Waals surface area contributed by atoms with Crippen molar-refractivity contribution in [3.05, 3.63) is 54.1 Å². The first-order chi connectivity index (χ1) is 23.6. The maximum absolute atomic E-state index is 14.4. The number of carbonyl (C=O) groups excluding carboxylic acids is 3. The fourth-order valence-electron chi connectivity index (χ4n) is 7.46. The van der Waals surface area contributed by atoms with Crippen LogP contribution >= 0.6 is 0 Å². The molecule has 2 saturated heterocycles. The molecule has 270 valence electrons. The number of hydrogen-bond acceptors (Lipinski definition) is 7. The lowest BCUT2D eigenvalue weighted by Crippen LogP contribution is -2.59. The number of nitrogens with one attached hydrogen (secondary N) is 3. The molecule has 1 saturated carbocycles. The Balaban J connectivity index is 1.37. The molecule has 4 amide bonds. The number of hydrogen-bond donors (Lipinski definition) is 4. The molecule has 0 bridgehead atoms. The van der Waals surface area contributed by atoms with Gasteiger partial charge in [0.15, 0.2) is 0 Å². The summed E-state index contributed by atoms with van der Waals surface area (Å²) < 4.78 is 11.6. The average molecular weight is 681 g/mol. The zero-order valence-electron chi connectivity index (χ0n) is 29.4. The molecule has 3 heterocycles. The van der Waals surface area contributed by atoms with Gasteiger partial charge in [0, 0.05) is 45.6 Å². The number of piperidine rings is 1. The van der Waals surface area contributed by atoms with E-state index in [9.17, 15) is 19.5 Å². The van der Waals surface area contributed by atoms with Gasteiger partial charge in [-0.05, 0) is 51.0 Å². The van der Waals surface area contributed by atoms with Crippen LogP contribution in [0.25, 0.3) is 0 Å². The van der Waals surface area contributed by atoms with Gasteiger partial charge in [-0.1, -0.05) is 62.4 Å². The topological polar surface area (TPSA) is 149 Å². The number of aliphatic hydroxyl groups is 1. The molecule has 5 rings (SSSR count). The van der Waals surface area contributed by atoms with Crippen LogP contribution in [0.4, 0.5) is 4.79 Å². The second kappa shape index (κ2) is 17.4. The molecule has 12 heteroatoms. The molecule has 3 aliphatic rings. The number of likely N-dealkylation sites (tertiary alicyclic amines) is 1. The van der Waals surface area contributed by atoms with Gasteiger partial charge in [0.25, 0.3) is 0 Å². The van der Waals surface area contributed by atoms with Crippen molar-refractivity contribution in [3.63, 3.8) is 0 Å². The number of aromatic amines is 1. The maximum Gasteiger partial charge on any atom is 0.318 e. The first-order valence-electron chi connectivity index (χ1n) is 18.2. The van der Waals surface area contributed by atoms with E-state index in [0.29, 0.717) is 37.5 Å². The number of amides is 4. The van der Waals surface area contributed by atoms with Gasteiger partial charge < -0.3 is 40.0 Å². The van der Waals surface area contributed by atoms with Crippen LogP contribution in [0.2, 0.25) is 0 Å². The third-order valence-corrected chi connectivity index (χ3v) is 10.6. The highest BCUT2D eigenvalue weighted by Crippen LogP contribution is 2.32. The first-order valence-corrected chi connectivity index (χ1v) is 18.2. The fourth-order valence-corrected chi connectivity index (χ4v) is 7.46. The third kappa shape index (κ3) is 10.3. The van der Waals surface area contributed by atoms with E-state index in [1.807, 2.05) is 44.2 Å². The van der Waals surface area contributed by atoms with Gasteiger partial charge in [-0.3, -0.25) is 9.59 Å². The Hall–Kier alpha value is -3.48. The van der Waals surface area contributed by atoms with Gasteiger partial charge in [-0.25, -0.2) is 9.78 Å². The summed E-state index contributed by atoms with van der Waals surface area (Å²) in [6.07, 6.45) is 12.0. The number of urea groups is 1. The van der Waals surface area contributed by atoms with E-state index in [-0.39, 0.29) is 43.6 Å². The summed E-state index contributed by atoms with van der Waals surface area (Å²) in [5.74, 6) is -0.359. The molecule has 3 fully saturated rings. The lowest BCUT2D eigenvalue weighted by Gasteiger charge is -2.36. The highest BCUT2D eigenvalue weighted by Gasteiger charge is 2.41. The van der Waals surface area contributed by atoms with Crippen molar-refractivity contribution in [1.29, 1.82) is 0 Å². The molecule has 1 aromatic heterocycles. The second-order valence-corrected chi connectivity index (χ2v) is 14.6. The molecular formula is C37H56N6O6. The number of imidazole rings is 1. The Labute approximate surface area is 290 Å². The van der Waals surface area contributed by atoms with Gasteiger partial charge in [0.2, 0.25) is 11.8 Å². The molecule has 0 radical (unpaired) electrons. The van der Waals surface area contributed by atoms with Gasteiger partial charge in [0.05, 0.1) is 35.9 Å². The van der Waals surface area contributed by atoms with E-state index in [1.54, 1.807) is 24.5 Å². The third-order valence-electron chi connectivity index (χ3n) is 10.6. The van der Waals surface area contributed by atoms with Crippen LogP contribution < -0.4 is 10.6 Å². The van der Waals surface area contributed by atoms with Crippen molar-refractivity contribution in [2.45, 2.75) is 127 Å². The van der Waals surface area contributed by atoms with Crippen molar-refractivity contribution in [1.82, 2.24) is 30.4 Å². The van der Waals surface area contributed by atoms with Crippen LogP contribution in [0, 0.1) is 5.92 Å². The summed E-state index contributed by atoms with van der Waals surface area (Å²) in [5, 5.41) is 17.8. The molecule has 2 aliphatic heterocycles. The Morgan fingerprint density at radius 1 is 1.02 bits per heavy atom. The van der Waals surface area contributed by atoms with E-state index in [2.05, 4.69) is 20.6 Å². The highest BCUT2D eigenvalue weighted by atomic mass is 16.7. The number of rotatable bonds is 14. The minimum Gasteiger partial charge on any atom is -0.391 e. The Bertz CT molecular complexity index is 1330. The predicted octanol–water partition coefficient (Wildman–Crippen LogP) is 3.94. The molecular weight excluding hydrogens is 624 g/mol. The summed E-state index contributed by atoms with van der Waals surface area (Å²) in [6, 6.07) is 6.94. The lowest BCUT2D eigenvalue weighted by atomic mass is 9.82. The van der Waals surface area contributed by atoms with Gasteiger partial charge in [-0.2, -0.15) is 0 Å². The van der Waals surface area contributed by atoms with E-state index in [0.717, 1.165) is 50.5 Å². The normalized spacial score (nSPS) is 22.1. The van der Waals surface area contributed by atoms with Crippen LogP contribution in [0.3, 0.4) is 0 Å². The van der Waals surface area contributed by atoms with E-state index in [4.69, 9.17) is 9.47 Å². The smallest absolute Gasteiger partial charge is 0.318 e. The number of carbonyl (C=O) groups is 3. The van der Waals surface area contributed by atoms with Crippen LogP contribution in [0.15, 0.2) is 42.9 Å². The molecule has 5 atom stereocenters. The van der Waals surface area contributed by atoms with Gasteiger partial charge >= 0.3 is 6.03 Å². The van der Waals surface area contributed by atoms with Crippen LogP contribution in [-0.4, -0.2) is 106 Å². The predicted molar refractivity (Wildman–Crippen MR) is 185 cm³/mol. The standard InChI is InChI=1S/C37H56N6O6/c1-37(2)33(48-25-49-37)22-32(44)29(19-26-13-7-4-8-14-26)40-34(45)31(21-28-23-38-24-39-28)42(3)35(46)30(20-27-15-9-5-10-16-27)41-36(47)43-17-11-6-12-18-43/h5,9-10,15-16,23-24,26,29-33,44H,4,6-8,11-14,17-22,25H2,1-3H3,(H,38,39)(H,40,45)(H,41,47)/t29-,30-,31-,32-,33-/m0/s1. The molecule has 1 aromatic carbocycles. The Morgan fingerprint density at radius 2 is 1.73 bits per heavy atom. The monoisotopic (exact) mass is 680 g/mol. The molecule has 0 unspecified atom stereocenters. The van der Waals surface area contributed by atoms with Gasteiger partial charge in [-0.15, -0.1) is 0 Å². The summed E-state index contributed by atoms with van der Waals surface area (Å²) in [4.78, 5) is 52.7. The second-order valence-electron chi connectivity index (χ2n) is 14.6. The quantitative estimate of drug-likeness (QED) is 0.236. The highest BCUT2D eigenvalue weighted by molar-refractivity contribution is 5.92. The molecule has 0 spiro atoms. The number of aromatic nitrogens is 2. The number of benzene rings is 1. The Kier molecular flexibility index (Phi) is 13.1. The van der Waals surface area contributed by atoms with Crippen LogP contribution in [0.5, 0.6) is 0 Å². The van der Waals surface area contributed by atoms with Crippen LogP contribution in [-0.2, 0) is 31.9 Å². The summed E-state index contributed by atoms with van der Waals surface area (Å²) >= 11 is 0. The minimum absolute atomic E-state index is 0.161. The van der Waals surface area contributed by atoms with Gasteiger partial charge in [0.1, 0.15) is 18.9 Å². The zero-order chi connectivity index (χ0) is 34.8. The van der Waals surface area contributed by atoms with Crippen molar-refractivity contribution in [2.24, 2.45) is 5.92 Å². The van der Waals surface area contributed by atoms with E-state index in [1.165, 1.54) is 11.3 Å². The SMILES string of the molecule is CN(C(=O)[C@H](Cc1ccccc1)NC(=O)N1CCCCC1)[C@@H](Cc1c[nH]cn1)C(=O)N[C@@H](CC1CCCCC1)[C@@H](O)C[C@@H]1OCOC1(C)C. The Morgan fingerprint density at radius 3 is 2.39 bits per heavy atom. The van der Waals surface area contributed by atoms with Crippen molar-refractivity contribution < 1.29 is 29.0 Å². The van der Waals surface area contributed by atoms with Crippen molar-refractivity contribution >= 4 is 17.8 Å². The number of nitrogens with zero attached hydrogens (tertiary/aromatic N) is 3. The summed E-state index contributed by atoms with van der Waals surface area (Å²) in [5.41, 5.74) is 0.972. The molecule has 49 heavy (non-hydrogen) atoms. The summed E-state index contributed by atoms with van der Waals surface area (Å²) in [6.45, 7) is 5.36. The molecule has 2 aromatic rings. The first kappa shape index (κ1) is 36.8. The number of ether oxygens (including phenoxy) is 2. The van der Waals surface area contributed by atoms with E-state index < -0.39 is 29.8 Å². The maximum atomic E-state index is 14.4. The number of aliphatic hydroxyl groups excluding tert-OH is 1. The van der Waals surface area contributed by atoms with Crippen molar-refractivity contribution in [2.75, 3.05) is 26.9 Å². The molecule has 1 aliphatic carbocycles. The minimum atomic E-state index is -0.940. The lowest BCUT2D eigenvalue weighted by molar-refractivity contribution is -0.141. The largest absolute Gasteiger partial charge is 0.391 e. The molecule has 12 nitrogen and oxygen atoms in total. The number of H-pyrrole nitrogens is 1. The molecule has 4 N–H and O–H groups in total. The summed E-state index contributed by atoms with van der Waals surface area (Å²) in [7, 11) is 1.61. The van der Waals surface area contributed by atoms with E-state index >= 15 is 0 Å². The van der Waals surface area contributed by atoms with Crippen LogP contribution in [0.1, 0.15) is 89.3 Å². The fraction of sp³-hybridized carbons (Fsp3) is 0.676.